The van der Waals surface area contributed by atoms with Crippen molar-refractivity contribution in [3.63, 3.8) is 0 Å². The molecule has 1 fully saturated rings. The molecule has 0 aromatic rings. The molecule has 2 N–H and O–H groups in total. The highest BCUT2D eigenvalue weighted by atomic mass is 16.4. The van der Waals surface area contributed by atoms with E-state index in [9.17, 15) is 4.79 Å². The summed E-state index contributed by atoms with van der Waals surface area (Å²) < 4.78 is 0. The molecule has 0 amide bonds. The monoisotopic (exact) mass is 255 g/mol. The maximum absolute atomic E-state index is 10.8. The van der Waals surface area contributed by atoms with E-state index in [1.165, 1.54) is 0 Å². The van der Waals surface area contributed by atoms with Gasteiger partial charge in [-0.05, 0) is 20.5 Å². The summed E-state index contributed by atoms with van der Waals surface area (Å²) in [5.41, 5.74) is 0.483. The third-order valence-electron chi connectivity index (χ3n) is 3.51. The van der Waals surface area contributed by atoms with Gasteiger partial charge < -0.3 is 15.3 Å². The van der Waals surface area contributed by atoms with Crippen LogP contribution in [0, 0.1) is 0 Å². The molecule has 1 rings (SSSR count). The minimum Gasteiger partial charge on any atom is -0.478 e. The lowest BCUT2D eigenvalue weighted by Gasteiger charge is -2.37. The first-order valence-corrected chi connectivity index (χ1v) is 6.56. The van der Waals surface area contributed by atoms with Crippen molar-refractivity contribution in [2.45, 2.75) is 19.4 Å². The summed E-state index contributed by atoms with van der Waals surface area (Å²) in [6.07, 6.45) is 2.35. The highest BCUT2D eigenvalue weighted by Crippen LogP contribution is 2.04. The lowest BCUT2D eigenvalue weighted by Crippen LogP contribution is -2.53. The van der Waals surface area contributed by atoms with Gasteiger partial charge in [-0.25, -0.2) is 4.79 Å². The van der Waals surface area contributed by atoms with Crippen LogP contribution in [0.4, 0.5) is 0 Å². The molecule has 5 nitrogen and oxygen atoms in total. The molecular weight excluding hydrogens is 230 g/mol. The van der Waals surface area contributed by atoms with Gasteiger partial charge in [-0.2, -0.15) is 0 Å². The summed E-state index contributed by atoms with van der Waals surface area (Å²) in [6.45, 7) is 6.66. The van der Waals surface area contributed by atoms with E-state index in [0.717, 1.165) is 26.2 Å². The molecule has 1 unspecified atom stereocenters. The average Bonchev–Trinajstić information content (AvgIpc) is 2.33. The Bertz CT molecular complexity index is 305. The SMILES string of the molecule is CCC(=CCNCC1CN(C)CCN1C)C(=O)O. The number of hydrogen-bond acceptors (Lipinski definition) is 4. The molecule has 1 heterocycles. The predicted octanol–water partition coefficient (Wildman–Crippen LogP) is 0.243. The number of piperazine rings is 1. The van der Waals surface area contributed by atoms with Gasteiger partial charge in [-0.3, -0.25) is 4.90 Å². The quantitative estimate of drug-likeness (QED) is 0.526. The van der Waals surface area contributed by atoms with Gasteiger partial charge in [0.05, 0.1) is 0 Å². The number of hydrogen-bond donors (Lipinski definition) is 2. The largest absolute Gasteiger partial charge is 0.478 e. The van der Waals surface area contributed by atoms with Crippen molar-refractivity contribution in [2.75, 3.05) is 46.8 Å². The minimum atomic E-state index is -0.811. The highest BCUT2D eigenvalue weighted by molar-refractivity contribution is 5.86. The van der Waals surface area contributed by atoms with E-state index >= 15 is 0 Å². The van der Waals surface area contributed by atoms with Crippen LogP contribution in [0.25, 0.3) is 0 Å². The zero-order valence-electron chi connectivity index (χ0n) is 11.6. The van der Waals surface area contributed by atoms with Crippen molar-refractivity contribution in [2.24, 2.45) is 0 Å². The van der Waals surface area contributed by atoms with Gasteiger partial charge in [0.1, 0.15) is 0 Å². The number of carboxylic acid groups (broad SMARTS) is 1. The van der Waals surface area contributed by atoms with Gasteiger partial charge in [-0.1, -0.05) is 13.0 Å². The summed E-state index contributed by atoms with van der Waals surface area (Å²) >= 11 is 0. The first-order valence-electron chi connectivity index (χ1n) is 6.56. The van der Waals surface area contributed by atoms with Crippen LogP contribution in [0.5, 0.6) is 0 Å². The summed E-state index contributed by atoms with van der Waals surface area (Å²) in [6, 6.07) is 0.507. The number of carboxylic acids is 1. The number of nitrogens with one attached hydrogen (secondary N) is 1. The van der Waals surface area contributed by atoms with Crippen LogP contribution in [0.15, 0.2) is 11.6 Å². The molecular formula is C13H25N3O2. The van der Waals surface area contributed by atoms with Crippen LogP contribution >= 0.6 is 0 Å². The molecule has 0 aromatic carbocycles. The Morgan fingerprint density at radius 1 is 1.44 bits per heavy atom. The van der Waals surface area contributed by atoms with Crippen molar-refractivity contribution in [1.29, 1.82) is 0 Å². The molecule has 0 aromatic heterocycles. The highest BCUT2D eigenvalue weighted by Gasteiger charge is 2.21. The van der Waals surface area contributed by atoms with Gasteiger partial charge in [0, 0.05) is 44.3 Å². The lowest BCUT2D eigenvalue weighted by molar-refractivity contribution is -0.132. The average molecular weight is 255 g/mol. The fraction of sp³-hybridized carbons (Fsp3) is 0.769. The fourth-order valence-corrected chi connectivity index (χ4v) is 2.15. The third-order valence-corrected chi connectivity index (χ3v) is 3.51. The zero-order chi connectivity index (χ0) is 13.5. The fourth-order valence-electron chi connectivity index (χ4n) is 2.15. The van der Waals surface area contributed by atoms with Crippen LogP contribution in [0.3, 0.4) is 0 Å². The van der Waals surface area contributed by atoms with Crippen molar-refractivity contribution in [1.82, 2.24) is 15.1 Å². The Hall–Kier alpha value is -0.910. The van der Waals surface area contributed by atoms with Crippen LogP contribution < -0.4 is 5.32 Å². The summed E-state index contributed by atoms with van der Waals surface area (Å²) in [4.78, 5) is 15.5. The smallest absolute Gasteiger partial charge is 0.331 e. The van der Waals surface area contributed by atoms with E-state index in [2.05, 4.69) is 29.2 Å². The molecule has 1 aliphatic heterocycles. The second-order valence-electron chi connectivity index (χ2n) is 4.94. The lowest BCUT2D eigenvalue weighted by atomic mass is 10.1. The Kier molecular flexibility index (Phi) is 6.32. The van der Waals surface area contributed by atoms with Crippen LogP contribution in [-0.4, -0.2) is 73.7 Å². The minimum absolute atomic E-state index is 0.483. The molecule has 0 spiro atoms. The molecule has 0 bridgehead atoms. The normalized spacial score (nSPS) is 23.3. The van der Waals surface area contributed by atoms with E-state index in [1.54, 1.807) is 6.08 Å². The summed E-state index contributed by atoms with van der Waals surface area (Å²) in [7, 11) is 4.28. The van der Waals surface area contributed by atoms with Crippen LogP contribution in [-0.2, 0) is 4.79 Å². The topological polar surface area (TPSA) is 55.8 Å². The summed E-state index contributed by atoms with van der Waals surface area (Å²) in [5, 5.41) is 12.2. The van der Waals surface area contributed by atoms with E-state index < -0.39 is 5.97 Å². The molecule has 0 saturated carbocycles. The second kappa shape index (κ2) is 7.51. The predicted molar refractivity (Wildman–Crippen MR) is 72.8 cm³/mol. The molecule has 5 heteroatoms. The molecule has 18 heavy (non-hydrogen) atoms. The molecule has 1 aliphatic rings. The number of carbonyl (C=O) groups is 1. The first kappa shape index (κ1) is 15.1. The Morgan fingerprint density at radius 3 is 2.78 bits per heavy atom. The van der Waals surface area contributed by atoms with Crippen molar-refractivity contribution < 1.29 is 9.90 Å². The maximum atomic E-state index is 10.8. The number of aliphatic carboxylic acids is 1. The van der Waals surface area contributed by atoms with Gasteiger partial charge in [0.15, 0.2) is 0 Å². The van der Waals surface area contributed by atoms with Crippen molar-refractivity contribution in [3.8, 4) is 0 Å². The van der Waals surface area contributed by atoms with E-state index in [-0.39, 0.29) is 0 Å². The maximum Gasteiger partial charge on any atom is 0.331 e. The first-order chi connectivity index (χ1) is 8.54. The van der Waals surface area contributed by atoms with E-state index in [4.69, 9.17) is 5.11 Å². The number of rotatable bonds is 6. The Labute approximate surface area is 109 Å². The Morgan fingerprint density at radius 2 is 2.17 bits per heavy atom. The van der Waals surface area contributed by atoms with Crippen molar-refractivity contribution >= 4 is 5.97 Å². The molecule has 0 aliphatic carbocycles. The number of nitrogens with zero attached hydrogens (tertiary/aromatic N) is 2. The molecule has 1 saturated heterocycles. The molecule has 104 valence electrons. The van der Waals surface area contributed by atoms with Gasteiger partial charge in [0.25, 0.3) is 0 Å². The van der Waals surface area contributed by atoms with Crippen molar-refractivity contribution in [3.05, 3.63) is 11.6 Å². The standard InChI is InChI=1S/C13H25N3O2/c1-4-11(13(17)18)5-6-14-9-12-10-15(2)7-8-16(12)3/h5,12,14H,4,6-10H2,1-3H3,(H,17,18). The second-order valence-corrected chi connectivity index (χ2v) is 4.94. The van der Waals surface area contributed by atoms with Gasteiger partial charge >= 0.3 is 5.97 Å². The summed E-state index contributed by atoms with van der Waals surface area (Å²) in [5.74, 6) is -0.811. The van der Waals surface area contributed by atoms with Crippen LogP contribution in [0.1, 0.15) is 13.3 Å². The van der Waals surface area contributed by atoms with Gasteiger partial charge in [-0.15, -0.1) is 0 Å². The molecule has 0 radical (unpaired) electrons. The van der Waals surface area contributed by atoms with Crippen LogP contribution in [0.2, 0.25) is 0 Å². The van der Waals surface area contributed by atoms with E-state index in [1.807, 2.05) is 6.92 Å². The zero-order valence-corrected chi connectivity index (χ0v) is 11.6. The van der Waals surface area contributed by atoms with E-state index in [0.29, 0.717) is 24.6 Å². The third kappa shape index (κ3) is 4.76. The Balaban J connectivity index is 2.30. The number of likely N-dealkylation sites (N-methyl/N-ethyl adjacent to an activating group) is 2. The molecule has 1 atom stereocenters. The van der Waals surface area contributed by atoms with Gasteiger partial charge in [0.2, 0.25) is 0 Å².